The van der Waals surface area contributed by atoms with Crippen LogP contribution in [0.4, 0.5) is 5.69 Å². The number of aryl methyl sites for hydroxylation is 1. The maximum absolute atomic E-state index is 9.18. The van der Waals surface area contributed by atoms with Gasteiger partial charge in [-0.05, 0) is 36.8 Å². The molecule has 3 rings (SSSR count). The monoisotopic (exact) mass is 293 g/mol. The van der Waals surface area contributed by atoms with Crippen LogP contribution in [-0.4, -0.2) is 14.9 Å². The summed E-state index contributed by atoms with van der Waals surface area (Å²) in [6, 6.07) is 17.9. The molecule has 2 aromatic carbocycles. The Morgan fingerprint density at radius 2 is 1.91 bits per heavy atom. The highest BCUT2D eigenvalue weighted by Gasteiger charge is 2.06. The van der Waals surface area contributed by atoms with Crippen molar-refractivity contribution in [2.24, 2.45) is 0 Å². The number of para-hydroxylation sites is 1. The number of anilines is 1. The molecule has 0 spiro atoms. The summed E-state index contributed by atoms with van der Waals surface area (Å²) in [5.41, 5.74) is 5.12. The number of hydrogen-bond acceptors (Lipinski definition) is 3. The van der Waals surface area contributed by atoms with E-state index in [9.17, 15) is 5.11 Å². The summed E-state index contributed by atoms with van der Waals surface area (Å²) < 4.78 is 1.90. The summed E-state index contributed by atoms with van der Waals surface area (Å²) >= 11 is 0. The largest absolute Gasteiger partial charge is 0.392 e. The van der Waals surface area contributed by atoms with Crippen molar-refractivity contribution in [2.75, 3.05) is 5.32 Å². The van der Waals surface area contributed by atoms with E-state index in [0.29, 0.717) is 6.54 Å². The van der Waals surface area contributed by atoms with Gasteiger partial charge in [0, 0.05) is 24.0 Å². The number of nitrogens with one attached hydrogen (secondary N) is 1. The quantitative estimate of drug-likeness (QED) is 0.759. The Morgan fingerprint density at radius 3 is 2.68 bits per heavy atom. The Morgan fingerprint density at radius 1 is 1.09 bits per heavy atom. The number of rotatable bonds is 5. The van der Waals surface area contributed by atoms with E-state index in [-0.39, 0.29) is 6.61 Å². The van der Waals surface area contributed by atoms with Gasteiger partial charge < -0.3 is 10.4 Å². The summed E-state index contributed by atoms with van der Waals surface area (Å²) in [6.07, 6.45) is 2.05. The van der Waals surface area contributed by atoms with Gasteiger partial charge >= 0.3 is 0 Å². The third-order valence-corrected chi connectivity index (χ3v) is 3.61. The van der Waals surface area contributed by atoms with Crippen LogP contribution in [0.5, 0.6) is 0 Å². The Labute approximate surface area is 130 Å². The summed E-state index contributed by atoms with van der Waals surface area (Å²) in [6.45, 7) is 2.77. The zero-order chi connectivity index (χ0) is 15.4. The van der Waals surface area contributed by atoms with Gasteiger partial charge in [0.15, 0.2) is 0 Å². The van der Waals surface area contributed by atoms with Gasteiger partial charge in [-0.15, -0.1) is 0 Å². The van der Waals surface area contributed by atoms with Crippen molar-refractivity contribution in [1.29, 1.82) is 0 Å². The minimum Gasteiger partial charge on any atom is -0.392 e. The molecule has 0 atom stereocenters. The predicted molar refractivity (Wildman–Crippen MR) is 88.0 cm³/mol. The van der Waals surface area contributed by atoms with Crippen molar-refractivity contribution >= 4 is 5.69 Å². The Hall–Kier alpha value is -2.59. The zero-order valence-corrected chi connectivity index (χ0v) is 12.5. The average Bonchev–Trinajstić information content (AvgIpc) is 2.95. The summed E-state index contributed by atoms with van der Waals surface area (Å²) in [5, 5.41) is 17.1. The number of hydrogen-bond donors (Lipinski definition) is 2. The third-order valence-electron chi connectivity index (χ3n) is 3.61. The Kier molecular flexibility index (Phi) is 4.21. The topological polar surface area (TPSA) is 50.1 Å². The molecule has 0 aliphatic heterocycles. The number of aliphatic hydroxyl groups is 1. The van der Waals surface area contributed by atoms with Gasteiger partial charge in [0.25, 0.3) is 0 Å². The first kappa shape index (κ1) is 14.4. The average molecular weight is 293 g/mol. The van der Waals surface area contributed by atoms with Crippen molar-refractivity contribution in [3.8, 4) is 5.69 Å². The standard InChI is InChI=1S/C18H19N3O/c1-14-16(11-19-17-7-5-6-15(10-17)13-22)12-21(20-14)18-8-3-2-4-9-18/h2-10,12,19,22H,11,13H2,1H3. The normalized spacial score (nSPS) is 10.6. The van der Waals surface area contributed by atoms with Crippen molar-refractivity contribution in [2.45, 2.75) is 20.1 Å². The molecule has 0 bridgehead atoms. The molecule has 0 aliphatic carbocycles. The van der Waals surface area contributed by atoms with Crippen LogP contribution >= 0.6 is 0 Å². The Balaban J connectivity index is 1.74. The number of nitrogens with zero attached hydrogens (tertiary/aromatic N) is 2. The second-order valence-corrected chi connectivity index (χ2v) is 5.23. The van der Waals surface area contributed by atoms with E-state index in [2.05, 4.69) is 10.4 Å². The van der Waals surface area contributed by atoms with E-state index in [0.717, 1.165) is 28.2 Å². The SMILES string of the molecule is Cc1nn(-c2ccccc2)cc1CNc1cccc(CO)c1. The van der Waals surface area contributed by atoms with E-state index in [4.69, 9.17) is 0 Å². The smallest absolute Gasteiger partial charge is 0.0682 e. The van der Waals surface area contributed by atoms with E-state index in [1.54, 1.807) is 0 Å². The Bertz CT molecular complexity index is 750. The highest BCUT2D eigenvalue weighted by atomic mass is 16.3. The van der Waals surface area contributed by atoms with Crippen LogP contribution in [0.25, 0.3) is 5.69 Å². The zero-order valence-electron chi connectivity index (χ0n) is 12.5. The van der Waals surface area contributed by atoms with Gasteiger partial charge in [0.2, 0.25) is 0 Å². The first-order valence-electron chi connectivity index (χ1n) is 7.30. The lowest BCUT2D eigenvalue weighted by Gasteiger charge is -2.06. The van der Waals surface area contributed by atoms with Gasteiger partial charge in [-0.3, -0.25) is 0 Å². The molecule has 0 radical (unpaired) electrons. The molecule has 0 saturated heterocycles. The highest BCUT2D eigenvalue weighted by molar-refractivity contribution is 5.46. The minimum absolute atomic E-state index is 0.0560. The van der Waals surface area contributed by atoms with Crippen LogP contribution in [0.3, 0.4) is 0 Å². The maximum atomic E-state index is 9.18. The molecule has 1 heterocycles. The fourth-order valence-electron chi connectivity index (χ4n) is 2.36. The molecular weight excluding hydrogens is 274 g/mol. The molecule has 0 saturated carbocycles. The van der Waals surface area contributed by atoms with Gasteiger partial charge in [0.1, 0.15) is 0 Å². The fraction of sp³-hybridized carbons (Fsp3) is 0.167. The van der Waals surface area contributed by atoms with E-state index >= 15 is 0 Å². The van der Waals surface area contributed by atoms with Crippen LogP contribution in [-0.2, 0) is 13.2 Å². The number of benzene rings is 2. The molecule has 0 amide bonds. The van der Waals surface area contributed by atoms with Crippen LogP contribution in [0.1, 0.15) is 16.8 Å². The summed E-state index contributed by atoms with van der Waals surface area (Å²) in [4.78, 5) is 0. The van der Waals surface area contributed by atoms with Crippen LogP contribution in [0.2, 0.25) is 0 Å². The maximum Gasteiger partial charge on any atom is 0.0682 e. The van der Waals surface area contributed by atoms with Crippen molar-refractivity contribution < 1.29 is 5.11 Å². The first-order chi connectivity index (χ1) is 10.8. The molecule has 4 heteroatoms. The van der Waals surface area contributed by atoms with Gasteiger partial charge in [-0.2, -0.15) is 5.10 Å². The van der Waals surface area contributed by atoms with Crippen LogP contribution in [0.15, 0.2) is 60.8 Å². The molecule has 22 heavy (non-hydrogen) atoms. The lowest BCUT2D eigenvalue weighted by Crippen LogP contribution is -2.00. The molecule has 112 valence electrons. The second-order valence-electron chi connectivity index (χ2n) is 5.23. The summed E-state index contributed by atoms with van der Waals surface area (Å²) in [5.74, 6) is 0. The van der Waals surface area contributed by atoms with Gasteiger partial charge in [-0.25, -0.2) is 4.68 Å². The van der Waals surface area contributed by atoms with Crippen LogP contribution < -0.4 is 5.32 Å². The predicted octanol–water partition coefficient (Wildman–Crippen LogP) is 3.29. The van der Waals surface area contributed by atoms with E-state index in [1.807, 2.05) is 72.4 Å². The van der Waals surface area contributed by atoms with Gasteiger partial charge in [-0.1, -0.05) is 30.3 Å². The molecular formula is C18H19N3O. The molecule has 4 nitrogen and oxygen atoms in total. The molecule has 0 fully saturated rings. The van der Waals surface area contributed by atoms with Crippen molar-refractivity contribution in [1.82, 2.24) is 9.78 Å². The molecule has 0 unspecified atom stereocenters. The molecule has 0 aliphatic rings. The molecule has 3 aromatic rings. The van der Waals surface area contributed by atoms with E-state index < -0.39 is 0 Å². The minimum atomic E-state index is 0.0560. The molecule has 1 aromatic heterocycles. The third kappa shape index (κ3) is 3.18. The first-order valence-corrected chi connectivity index (χ1v) is 7.30. The lowest BCUT2D eigenvalue weighted by atomic mass is 10.2. The van der Waals surface area contributed by atoms with Crippen molar-refractivity contribution in [3.05, 3.63) is 77.6 Å². The van der Waals surface area contributed by atoms with Crippen molar-refractivity contribution in [3.63, 3.8) is 0 Å². The second kappa shape index (κ2) is 6.45. The van der Waals surface area contributed by atoms with Gasteiger partial charge in [0.05, 0.1) is 18.0 Å². The number of aromatic nitrogens is 2. The fourth-order valence-corrected chi connectivity index (χ4v) is 2.36. The lowest BCUT2D eigenvalue weighted by molar-refractivity contribution is 0.282. The van der Waals surface area contributed by atoms with E-state index in [1.165, 1.54) is 0 Å². The highest BCUT2D eigenvalue weighted by Crippen LogP contribution is 2.15. The van der Waals surface area contributed by atoms with Crippen LogP contribution in [0, 0.1) is 6.92 Å². The summed E-state index contributed by atoms with van der Waals surface area (Å²) in [7, 11) is 0. The molecule has 2 N–H and O–H groups in total. The number of aliphatic hydroxyl groups excluding tert-OH is 1.